The molecule has 0 saturated carbocycles. The Balaban J connectivity index is 2.13. The molecule has 0 bridgehead atoms. The summed E-state index contributed by atoms with van der Waals surface area (Å²) in [5.41, 5.74) is 6.40. The molecule has 5 heteroatoms. The predicted molar refractivity (Wildman–Crippen MR) is 115 cm³/mol. The van der Waals surface area contributed by atoms with Crippen LogP contribution in [0.4, 0.5) is 0 Å². The van der Waals surface area contributed by atoms with Crippen LogP contribution in [0.15, 0.2) is 54.6 Å². The topological polar surface area (TPSA) is 61.5 Å². The van der Waals surface area contributed by atoms with Crippen LogP contribution >= 0.6 is 11.3 Å². The van der Waals surface area contributed by atoms with Crippen molar-refractivity contribution in [3.05, 3.63) is 65.0 Å². The number of nitrogens with two attached hydrogens (primary N) is 1. The summed E-state index contributed by atoms with van der Waals surface area (Å²) in [6.45, 7) is 7.82. The van der Waals surface area contributed by atoms with Crippen LogP contribution in [0.25, 0.3) is 10.1 Å². The number of benzene rings is 2. The Labute approximate surface area is 170 Å². The van der Waals surface area contributed by atoms with Crippen LogP contribution in [0.5, 0.6) is 5.75 Å². The van der Waals surface area contributed by atoms with E-state index in [0.717, 1.165) is 20.5 Å². The van der Waals surface area contributed by atoms with Crippen molar-refractivity contribution >= 4 is 27.4 Å². The van der Waals surface area contributed by atoms with Gasteiger partial charge in [-0.3, -0.25) is 4.79 Å². The molecular weight excluding hydrogens is 370 g/mol. The number of para-hydroxylation sites is 1. The highest BCUT2D eigenvalue weighted by Crippen LogP contribution is 2.40. The van der Waals surface area contributed by atoms with Gasteiger partial charge in [0.1, 0.15) is 23.5 Å². The molecule has 0 saturated heterocycles. The number of thiophene rings is 1. The minimum atomic E-state index is -1.00. The first-order valence-electron chi connectivity index (χ1n) is 9.45. The number of fused-ring (bicyclic) bond motifs is 1. The first-order valence-corrected chi connectivity index (χ1v) is 10.3. The molecule has 1 atom stereocenters. The fourth-order valence-corrected chi connectivity index (χ4v) is 4.20. The van der Waals surface area contributed by atoms with Gasteiger partial charge in [0.25, 0.3) is 0 Å². The van der Waals surface area contributed by atoms with Gasteiger partial charge in [-0.25, -0.2) is 0 Å². The summed E-state index contributed by atoms with van der Waals surface area (Å²) in [4.78, 5) is 12.8. The Bertz CT molecular complexity index is 940. The molecule has 3 aromatic rings. The molecule has 0 fully saturated rings. The third-order valence-corrected chi connectivity index (χ3v) is 5.69. The van der Waals surface area contributed by atoms with E-state index in [0.29, 0.717) is 12.2 Å². The van der Waals surface area contributed by atoms with Crippen molar-refractivity contribution in [3.63, 3.8) is 0 Å². The van der Waals surface area contributed by atoms with Crippen molar-refractivity contribution in [1.29, 1.82) is 0 Å². The van der Waals surface area contributed by atoms with Crippen molar-refractivity contribution in [3.8, 4) is 5.75 Å². The predicted octanol–water partition coefficient (Wildman–Crippen LogP) is 5.23. The molecule has 3 rings (SSSR count). The molecule has 0 aliphatic rings. The molecule has 1 unspecified atom stereocenters. The van der Waals surface area contributed by atoms with E-state index in [4.69, 9.17) is 15.2 Å². The zero-order chi connectivity index (χ0) is 20.4. The molecule has 0 aliphatic heterocycles. The van der Waals surface area contributed by atoms with Crippen molar-refractivity contribution in [1.82, 2.24) is 0 Å². The minimum Gasteiger partial charge on any atom is -0.488 e. The average molecular weight is 398 g/mol. The van der Waals surface area contributed by atoms with Crippen molar-refractivity contribution in [2.75, 3.05) is 6.61 Å². The van der Waals surface area contributed by atoms with E-state index in [9.17, 15) is 4.79 Å². The molecule has 0 spiro atoms. The Hall–Kier alpha value is -2.37. The molecule has 1 aromatic heterocycles. The average Bonchev–Trinajstić information content (AvgIpc) is 3.10. The number of esters is 1. The maximum atomic E-state index is 11.9. The van der Waals surface area contributed by atoms with Crippen LogP contribution in [0.1, 0.15) is 44.6 Å². The first kappa shape index (κ1) is 20.4. The molecule has 2 N–H and O–H groups in total. The van der Waals surface area contributed by atoms with Gasteiger partial charge in [0.05, 0.1) is 0 Å². The quantitative estimate of drug-likeness (QED) is 0.578. The number of carbonyl (C=O) groups excluding carboxylic acids is 1. The fraction of sp³-hybridized carbons (Fsp3) is 0.348. The van der Waals surface area contributed by atoms with E-state index in [1.54, 1.807) is 18.3 Å². The molecule has 148 valence electrons. The molecule has 4 nitrogen and oxygen atoms in total. The Morgan fingerprint density at radius 1 is 1.07 bits per heavy atom. The van der Waals surface area contributed by atoms with Gasteiger partial charge in [-0.05, 0) is 44.4 Å². The lowest BCUT2D eigenvalue weighted by Gasteiger charge is -2.32. The van der Waals surface area contributed by atoms with E-state index >= 15 is 0 Å². The SMILES string of the molecule is CCC(=O)OCC(N)(c1cc2ccccc2s1)c1ccccc1OC(C)(C)C. The van der Waals surface area contributed by atoms with Crippen LogP contribution in [0.3, 0.4) is 0 Å². The molecule has 0 amide bonds. The lowest BCUT2D eigenvalue weighted by Crippen LogP contribution is -2.43. The number of rotatable bonds is 6. The van der Waals surface area contributed by atoms with Crippen LogP contribution in [0, 0.1) is 0 Å². The van der Waals surface area contributed by atoms with Gasteiger partial charge in [0, 0.05) is 21.6 Å². The third-order valence-electron chi connectivity index (χ3n) is 4.40. The summed E-state index contributed by atoms with van der Waals surface area (Å²) in [7, 11) is 0. The van der Waals surface area contributed by atoms with Gasteiger partial charge in [-0.2, -0.15) is 0 Å². The smallest absolute Gasteiger partial charge is 0.305 e. The maximum Gasteiger partial charge on any atom is 0.305 e. The minimum absolute atomic E-state index is 0.0526. The molecule has 2 aromatic carbocycles. The van der Waals surface area contributed by atoms with Gasteiger partial charge in [0.2, 0.25) is 0 Å². The van der Waals surface area contributed by atoms with Gasteiger partial charge in [-0.1, -0.05) is 43.3 Å². The van der Waals surface area contributed by atoms with Gasteiger partial charge in [0.15, 0.2) is 0 Å². The van der Waals surface area contributed by atoms with Crippen molar-refractivity contribution in [2.45, 2.75) is 45.3 Å². The van der Waals surface area contributed by atoms with E-state index in [1.807, 2.05) is 57.2 Å². The largest absolute Gasteiger partial charge is 0.488 e. The van der Waals surface area contributed by atoms with Gasteiger partial charge < -0.3 is 15.2 Å². The second-order valence-corrected chi connectivity index (χ2v) is 8.93. The number of hydrogen-bond acceptors (Lipinski definition) is 5. The number of carbonyl (C=O) groups is 1. The lowest BCUT2D eigenvalue weighted by atomic mass is 9.88. The summed E-state index contributed by atoms with van der Waals surface area (Å²) >= 11 is 1.61. The number of hydrogen-bond donors (Lipinski definition) is 1. The Kier molecular flexibility index (Phi) is 5.77. The van der Waals surface area contributed by atoms with E-state index < -0.39 is 5.54 Å². The van der Waals surface area contributed by atoms with E-state index in [-0.39, 0.29) is 18.2 Å². The Morgan fingerprint density at radius 2 is 1.75 bits per heavy atom. The molecule has 0 radical (unpaired) electrons. The van der Waals surface area contributed by atoms with Crippen molar-refractivity contribution < 1.29 is 14.3 Å². The summed E-state index contributed by atoms with van der Waals surface area (Å²) in [6, 6.07) is 17.9. The summed E-state index contributed by atoms with van der Waals surface area (Å²) in [5, 5.41) is 1.12. The first-order chi connectivity index (χ1) is 13.2. The fourth-order valence-electron chi connectivity index (χ4n) is 3.03. The third kappa shape index (κ3) is 4.37. The van der Waals surface area contributed by atoms with E-state index in [2.05, 4.69) is 18.2 Å². The number of ether oxygens (including phenoxy) is 2. The highest BCUT2D eigenvalue weighted by atomic mass is 32.1. The maximum absolute atomic E-state index is 11.9. The van der Waals surface area contributed by atoms with Gasteiger partial charge in [-0.15, -0.1) is 11.3 Å². The molecule has 28 heavy (non-hydrogen) atoms. The second-order valence-electron chi connectivity index (χ2n) is 7.84. The van der Waals surface area contributed by atoms with Crippen LogP contribution in [-0.4, -0.2) is 18.2 Å². The summed E-state index contributed by atoms with van der Waals surface area (Å²) in [5.74, 6) is 0.424. The summed E-state index contributed by atoms with van der Waals surface area (Å²) in [6.07, 6.45) is 0.308. The highest BCUT2D eigenvalue weighted by molar-refractivity contribution is 7.19. The van der Waals surface area contributed by atoms with Gasteiger partial charge >= 0.3 is 5.97 Å². The zero-order valence-electron chi connectivity index (χ0n) is 16.8. The normalized spacial score (nSPS) is 13.9. The highest BCUT2D eigenvalue weighted by Gasteiger charge is 2.36. The van der Waals surface area contributed by atoms with Crippen LogP contribution in [-0.2, 0) is 15.1 Å². The zero-order valence-corrected chi connectivity index (χ0v) is 17.6. The Morgan fingerprint density at radius 3 is 2.43 bits per heavy atom. The van der Waals surface area contributed by atoms with Crippen LogP contribution in [0.2, 0.25) is 0 Å². The monoisotopic (exact) mass is 397 g/mol. The van der Waals surface area contributed by atoms with Crippen LogP contribution < -0.4 is 10.5 Å². The molecule has 1 heterocycles. The van der Waals surface area contributed by atoms with E-state index in [1.165, 1.54) is 0 Å². The second kappa shape index (κ2) is 7.94. The molecular formula is C23H27NO3S. The standard InChI is InChI=1S/C23H27NO3S/c1-5-21(25)26-15-23(24,20-14-16-10-6-9-13-19(16)28-20)17-11-7-8-12-18(17)27-22(2,3)4/h6-14H,5,15,24H2,1-4H3. The summed E-state index contributed by atoms with van der Waals surface area (Å²) < 4.78 is 12.9. The van der Waals surface area contributed by atoms with Crippen molar-refractivity contribution in [2.24, 2.45) is 5.73 Å². The molecule has 0 aliphatic carbocycles. The lowest BCUT2D eigenvalue weighted by molar-refractivity contribution is -0.144.